The molecule has 1 aliphatic rings. The molecule has 2 unspecified atom stereocenters. The number of nitrogens with one attached hydrogen (secondary N) is 1. The van der Waals surface area contributed by atoms with Crippen LogP contribution in [0.2, 0.25) is 5.15 Å². The Morgan fingerprint density at radius 1 is 1.63 bits per heavy atom. The standard InChI is InChI=1S/C14H20ClN3O/c1-9-4-3-5-14(16,7-9)13(19)18-11-6-10(2)12(15)17-8-11/h6,8-9H,3-5,7,16H2,1-2H3,(H,18,19). The number of amides is 1. The minimum atomic E-state index is -0.759. The van der Waals surface area contributed by atoms with Crippen LogP contribution in [0.1, 0.15) is 38.2 Å². The Bertz CT molecular complexity index is 492. The molecule has 1 aromatic rings. The van der Waals surface area contributed by atoms with Gasteiger partial charge in [0.25, 0.3) is 0 Å². The fourth-order valence-corrected chi connectivity index (χ4v) is 2.78. The number of aryl methyl sites for hydroxylation is 1. The number of pyridine rings is 1. The quantitative estimate of drug-likeness (QED) is 0.819. The van der Waals surface area contributed by atoms with Crippen LogP contribution in [0.3, 0.4) is 0 Å². The largest absolute Gasteiger partial charge is 0.323 e. The molecule has 2 atom stereocenters. The molecule has 0 saturated heterocycles. The summed E-state index contributed by atoms with van der Waals surface area (Å²) in [4.78, 5) is 16.4. The number of nitrogens with zero attached hydrogens (tertiary/aromatic N) is 1. The highest BCUT2D eigenvalue weighted by molar-refractivity contribution is 6.30. The summed E-state index contributed by atoms with van der Waals surface area (Å²) in [6, 6.07) is 1.81. The molecule has 0 aliphatic heterocycles. The van der Waals surface area contributed by atoms with E-state index in [1.165, 1.54) is 0 Å². The van der Waals surface area contributed by atoms with Gasteiger partial charge in [-0.15, -0.1) is 0 Å². The number of carbonyl (C=O) groups excluding carboxylic acids is 1. The number of carbonyl (C=O) groups is 1. The van der Waals surface area contributed by atoms with Gasteiger partial charge >= 0.3 is 0 Å². The van der Waals surface area contributed by atoms with Crippen molar-refractivity contribution < 1.29 is 4.79 Å². The van der Waals surface area contributed by atoms with Crippen molar-refractivity contribution in [2.75, 3.05) is 5.32 Å². The van der Waals surface area contributed by atoms with Gasteiger partial charge in [-0.25, -0.2) is 4.98 Å². The van der Waals surface area contributed by atoms with Crippen molar-refractivity contribution in [1.29, 1.82) is 0 Å². The molecule has 5 heteroatoms. The highest BCUT2D eigenvalue weighted by atomic mass is 35.5. The van der Waals surface area contributed by atoms with Crippen LogP contribution in [-0.2, 0) is 4.79 Å². The summed E-state index contributed by atoms with van der Waals surface area (Å²) in [6.45, 7) is 3.99. The van der Waals surface area contributed by atoms with Gasteiger partial charge < -0.3 is 11.1 Å². The van der Waals surface area contributed by atoms with E-state index in [0.29, 0.717) is 16.8 Å². The molecule has 1 fully saturated rings. The van der Waals surface area contributed by atoms with Gasteiger partial charge in [0.2, 0.25) is 5.91 Å². The van der Waals surface area contributed by atoms with E-state index in [1.54, 1.807) is 6.20 Å². The van der Waals surface area contributed by atoms with E-state index < -0.39 is 5.54 Å². The third kappa shape index (κ3) is 3.25. The highest BCUT2D eigenvalue weighted by Gasteiger charge is 2.37. The molecule has 0 spiro atoms. The van der Waals surface area contributed by atoms with Crippen molar-refractivity contribution >= 4 is 23.2 Å². The van der Waals surface area contributed by atoms with E-state index in [2.05, 4.69) is 17.2 Å². The molecule has 19 heavy (non-hydrogen) atoms. The molecule has 0 radical (unpaired) electrons. The molecule has 0 aromatic carbocycles. The van der Waals surface area contributed by atoms with Crippen molar-refractivity contribution in [3.05, 3.63) is 23.0 Å². The highest BCUT2D eigenvalue weighted by Crippen LogP contribution is 2.31. The zero-order valence-electron chi connectivity index (χ0n) is 11.4. The van der Waals surface area contributed by atoms with Gasteiger partial charge in [0.15, 0.2) is 0 Å². The normalized spacial score (nSPS) is 27.1. The third-order valence-corrected chi connectivity index (χ3v) is 4.15. The van der Waals surface area contributed by atoms with Crippen LogP contribution in [0, 0.1) is 12.8 Å². The third-order valence-electron chi connectivity index (χ3n) is 3.76. The minimum Gasteiger partial charge on any atom is -0.323 e. The fourth-order valence-electron chi connectivity index (χ4n) is 2.68. The first-order chi connectivity index (χ1) is 8.90. The van der Waals surface area contributed by atoms with Crippen LogP contribution in [0.5, 0.6) is 0 Å². The second-order valence-electron chi connectivity index (χ2n) is 5.64. The second kappa shape index (κ2) is 5.47. The Morgan fingerprint density at radius 3 is 3.00 bits per heavy atom. The van der Waals surface area contributed by atoms with Gasteiger partial charge in [-0.2, -0.15) is 0 Å². The van der Waals surface area contributed by atoms with Gasteiger partial charge in [0.05, 0.1) is 17.4 Å². The average Bonchev–Trinajstić information content (AvgIpc) is 2.33. The van der Waals surface area contributed by atoms with Crippen LogP contribution >= 0.6 is 11.6 Å². The first-order valence-corrected chi connectivity index (χ1v) is 7.01. The topological polar surface area (TPSA) is 68.0 Å². The van der Waals surface area contributed by atoms with Gasteiger partial charge in [0.1, 0.15) is 5.15 Å². The predicted octanol–water partition coefficient (Wildman–Crippen LogP) is 2.89. The van der Waals surface area contributed by atoms with Crippen molar-refractivity contribution in [3.63, 3.8) is 0 Å². The lowest BCUT2D eigenvalue weighted by atomic mass is 9.76. The number of nitrogens with two attached hydrogens (primary N) is 1. The van der Waals surface area contributed by atoms with Gasteiger partial charge in [-0.1, -0.05) is 31.4 Å². The van der Waals surface area contributed by atoms with Crippen LogP contribution in [0.4, 0.5) is 5.69 Å². The molecule has 0 bridgehead atoms. The molecular formula is C14H20ClN3O. The average molecular weight is 282 g/mol. The SMILES string of the molecule is Cc1cc(NC(=O)C2(N)CCCC(C)C2)cnc1Cl. The summed E-state index contributed by atoms with van der Waals surface area (Å²) in [6.07, 6.45) is 5.18. The van der Waals surface area contributed by atoms with Crippen molar-refractivity contribution in [1.82, 2.24) is 4.98 Å². The maximum absolute atomic E-state index is 12.3. The van der Waals surface area contributed by atoms with Crippen LogP contribution in [-0.4, -0.2) is 16.4 Å². The fraction of sp³-hybridized carbons (Fsp3) is 0.571. The van der Waals surface area contributed by atoms with Crippen LogP contribution < -0.4 is 11.1 Å². The number of hydrogen-bond acceptors (Lipinski definition) is 3. The van der Waals surface area contributed by atoms with Crippen molar-refractivity contribution in [3.8, 4) is 0 Å². The van der Waals surface area contributed by atoms with Gasteiger partial charge in [0, 0.05) is 0 Å². The number of halogens is 1. The first-order valence-electron chi connectivity index (χ1n) is 6.63. The van der Waals surface area contributed by atoms with Crippen molar-refractivity contribution in [2.45, 2.75) is 45.1 Å². The maximum atomic E-state index is 12.3. The maximum Gasteiger partial charge on any atom is 0.244 e. The lowest BCUT2D eigenvalue weighted by molar-refractivity contribution is -0.122. The molecule has 104 valence electrons. The van der Waals surface area contributed by atoms with E-state index >= 15 is 0 Å². The predicted molar refractivity (Wildman–Crippen MR) is 77.2 cm³/mol. The number of rotatable bonds is 2. The lowest BCUT2D eigenvalue weighted by Crippen LogP contribution is -2.53. The van der Waals surface area contributed by atoms with Crippen molar-refractivity contribution in [2.24, 2.45) is 11.7 Å². The number of aromatic nitrogens is 1. The summed E-state index contributed by atoms with van der Waals surface area (Å²) in [7, 11) is 0. The zero-order chi connectivity index (χ0) is 14.0. The molecule has 1 heterocycles. The lowest BCUT2D eigenvalue weighted by Gasteiger charge is -2.35. The molecule has 3 N–H and O–H groups in total. The smallest absolute Gasteiger partial charge is 0.244 e. The number of anilines is 1. The van der Waals surface area contributed by atoms with E-state index in [0.717, 1.165) is 31.2 Å². The second-order valence-corrected chi connectivity index (χ2v) is 6.00. The Balaban J connectivity index is 2.09. The van der Waals surface area contributed by atoms with E-state index in [-0.39, 0.29) is 5.91 Å². The van der Waals surface area contributed by atoms with Gasteiger partial charge in [-0.3, -0.25) is 4.79 Å². The molecule has 1 aliphatic carbocycles. The molecule has 1 saturated carbocycles. The Labute approximate surface area is 118 Å². The Morgan fingerprint density at radius 2 is 2.37 bits per heavy atom. The Hall–Kier alpha value is -1.13. The molecule has 4 nitrogen and oxygen atoms in total. The molecule has 1 amide bonds. The molecular weight excluding hydrogens is 262 g/mol. The summed E-state index contributed by atoms with van der Waals surface area (Å²) in [5.74, 6) is 0.372. The zero-order valence-corrected chi connectivity index (χ0v) is 12.1. The molecule has 2 rings (SSSR count). The summed E-state index contributed by atoms with van der Waals surface area (Å²) < 4.78 is 0. The summed E-state index contributed by atoms with van der Waals surface area (Å²) in [5, 5.41) is 3.31. The Kier molecular flexibility index (Phi) is 4.11. The number of hydrogen-bond donors (Lipinski definition) is 2. The van der Waals surface area contributed by atoms with Crippen LogP contribution in [0.15, 0.2) is 12.3 Å². The summed E-state index contributed by atoms with van der Waals surface area (Å²) in [5.41, 5.74) is 6.98. The monoisotopic (exact) mass is 281 g/mol. The van der Waals surface area contributed by atoms with Crippen LogP contribution in [0.25, 0.3) is 0 Å². The van der Waals surface area contributed by atoms with E-state index in [1.807, 2.05) is 13.0 Å². The van der Waals surface area contributed by atoms with E-state index in [9.17, 15) is 4.79 Å². The van der Waals surface area contributed by atoms with Gasteiger partial charge in [-0.05, 0) is 37.3 Å². The molecule has 1 aromatic heterocycles. The summed E-state index contributed by atoms with van der Waals surface area (Å²) >= 11 is 5.86. The van der Waals surface area contributed by atoms with E-state index in [4.69, 9.17) is 17.3 Å². The first kappa shape index (κ1) is 14.3. The minimum absolute atomic E-state index is 0.123.